The van der Waals surface area contributed by atoms with E-state index in [1.807, 2.05) is 0 Å². The maximum atomic E-state index is 12.3. The van der Waals surface area contributed by atoms with Crippen LogP contribution in [0.3, 0.4) is 0 Å². The summed E-state index contributed by atoms with van der Waals surface area (Å²) in [7, 11) is 1.76. The minimum absolute atomic E-state index is 0.177. The predicted molar refractivity (Wildman–Crippen MR) is 82.9 cm³/mol. The number of carbonyl (C=O) groups is 1. The Bertz CT molecular complexity index is 579. The molecule has 0 aliphatic carbocycles. The summed E-state index contributed by atoms with van der Waals surface area (Å²) in [5.74, 6) is -0.316. The number of nitrogens with zero attached hydrogens (tertiary/aromatic N) is 1. The second kappa shape index (κ2) is 6.51. The minimum Gasteiger partial charge on any atom is -0.406 e. The fourth-order valence-electron chi connectivity index (χ4n) is 3.46. The highest BCUT2D eigenvalue weighted by molar-refractivity contribution is 5.89. The molecule has 8 heteroatoms. The molecule has 24 heavy (non-hydrogen) atoms. The van der Waals surface area contributed by atoms with Crippen LogP contribution in [0.1, 0.15) is 25.7 Å². The first-order chi connectivity index (χ1) is 11.3. The van der Waals surface area contributed by atoms with Crippen LogP contribution in [0.4, 0.5) is 23.7 Å². The van der Waals surface area contributed by atoms with E-state index in [2.05, 4.69) is 15.4 Å². The Balaban J connectivity index is 1.56. The molecule has 132 valence electrons. The molecule has 2 aliphatic rings. The molecule has 2 unspecified atom stereocenters. The van der Waals surface area contributed by atoms with Crippen LogP contribution in [0.15, 0.2) is 24.3 Å². The summed E-state index contributed by atoms with van der Waals surface area (Å²) < 4.78 is 40.2. The number of nitrogens with one attached hydrogen (secondary N) is 2. The van der Waals surface area contributed by atoms with Crippen molar-refractivity contribution in [1.82, 2.24) is 10.2 Å². The van der Waals surface area contributed by atoms with Gasteiger partial charge in [-0.15, -0.1) is 13.2 Å². The van der Waals surface area contributed by atoms with Gasteiger partial charge < -0.3 is 20.3 Å². The van der Waals surface area contributed by atoms with E-state index in [9.17, 15) is 18.0 Å². The lowest BCUT2D eigenvalue weighted by atomic mass is 9.99. The quantitative estimate of drug-likeness (QED) is 0.885. The van der Waals surface area contributed by atoms with Gasteiger partial charge in [-0.05, 0) is 49.9 Å². The van der Waals surface area contributed by atoms with Gasteiger partial charge in [0.05, 0.1) is 0 Å². The van der Waals surface area contributed by atoms with Crippen LogP contribution in [0.2, 0.25) is 0 Å². The molecule has 0 spiro atoms. The summed E-state index contributed by atoms with van der Waals surface area (Å²) in [6.45, 7) is 0. The van der Waals surface area contributed by atoms with Crippen molar-refractivity contribution in [3.05, 3.63) is 24.3 Å². The van der Waals surface area contributed by atoms with E-state index < -0.39 is 6.36 Å². The Morgan fingerprint density at radius 3 is 2.33 bits per heavy atom. The van der Waals surface area contributed by atoms with Crippen molar-refractivity contribution < 1.29 is 22.7 Å². The van der Waals surface area contributed by atoms with Gasteiger partial charge >= 0.3 is 12.4 Å². The number of ether oxygens (including phenoxy) is 1. The molecule has 0 radical (unpaired) electrons. The highest BCUT2D eigenvalue weighted by atomic mass is 19.4. The topological polar surface area (TPSA) is 53.6 Å². The van der Waals surface area contributed by atoms with Crippen LogP contribution in [-0.2, 0) is 0 Å². The summed E-state index contributed by atoms with van der Waals surface area (Å²) in [5.41, 5.74) is 0.429. The van der Waals surface area contributed by atoms with Crippen LogP contribution in [0.5, 0.6) is 5.75 Å². The van der Waals surface area contributed by atoms with Crippen LogP contribution < -0.4 is 15.4 Å². The molecule has 1 aromatic rings. The summed E-state index contributed by atoms with van der Waals surface area (Å²) in [5, 5.41) is 6.23. The SMILES string of the molecule is CN(C(=O)Nc1ccc(OC(F)(F)F)cc1)C1CC2CCC(C1)N2. The smallest absolute Gasteiger partial charge is 0.406 e. The number of rotatable bonds is 3. The first-order valence-electron chi connectivity index (χ1n) is 7.96. The molecular formula is C16H20F3N3O2. The van der Waals surface area contributed by atoms with Gasteiger partial charge in [0.1, 0.15) is 5.75 Å². The van der Waals surface area contributed by atoms with E-state index in [-0.39, 0.29) is 17.8 Å². The largest absolute Gasteiger partial charge is 0.573 e. The first-order valence-corrected chi connectivity index (χ1v) is 7.96. The maximum absolute atomic E-state index is 12.3. The van der Waals surface area contributed by atoms with Crippen molar-refractivity contribution in [2.24, 2.45) is 0 Å². The zero-order valence-corrected chi connectivity index (χ0v) is 13.3. The van der Waals surface area contributed by atoms with Gasteiger partial charge in [0, 0.05) is 30.9 Å². The van der Waals surface area contributed by atoms with Crippen LogP contribution in [0.25, 0.3) is 0 Å². The number of alkyl halides is 3. The van der Waals surface area contributed by atoms with E-state index in [0.717, 1.165) is 25.7 Å². The van der Waals surface area contributed by atoms with Crippen LogP contribution in [0, 0.1) is 0 Å². The number of hydrogen-bond donors (Lipinski definition) is 2. The highest BCUT2D eigenvalue weighted by Crippen LogP contribution is 2.29. The van der Waals surface area contributed by atoms with Gasteiger partial charge in [-0.25, -0.2) is 4.79 Å². The Kier molecular flexibility index (Phi) is 4.58. The van der Waals surface area contributed by atoms with Crippen molar-refractivity contribution in [3.63, 3.8) is 0 Å². The second-order valence-corrected chi connectivity index (χ2v) is 6.38. The number of carbonyl (C=O) groups excluding carboxylic acids is 1. The number of fused-ring (bicyclic) bond motifs is 2. The molecule has 2 atom stereocenters. The highest BCUT2D eigenvalue weighted by Gasteiger charge is 2.36. The zero-order valence-electron chi connectivity index (χ0n) is 13.3. The fourth-order valence-corrected chi connectivity index (χ4v) is 3.46. The number of piperidine rings is 1. The van der Waals surface area contributed by atoms with Crippen molar-refractivity contribution in [2.75, 3.05) is 12.4 Å². The number of benzene rings is 1. The molecule has 5 nitrogen and oxygen atoms in total. The van der Waals surface area contributed by atoms with Crippen molar-refractivity contribution in [2.45, 2.75) is 50.2 Å². The van der Waals surface area contributed by atoms with E-state index in [1.54, 1.807) is 11.9 Å². The molecule has 0 aromatic heterocycles. The molecule has 2 aliphatic heterocycles. The molecule has 2 bridgehead atoms. The Morgan fingerprint density at radius 1 is 1.21 bits per heavy atom. The van der Waals surface area contributed by atoms with Gasteiger partial charge in [-0.1, -0.05) is 0 Å². The van der Waals surface area contributed by atoms with E-state index in [1.165, 1.54) is 24.3 Å². The molecule has 0 saturated carbocycles. The number of hydrogen-bond acceptors (Lipinski definition) is 3. The molecular weight excluding hydrogens is 323 g/mol. The van der Waals surface area contributed by atoms with Crippen molar-refractivity contribution in [1.29, 1.82) is 0 Å². The molecule has 2 amide bonds. The monoisotopic (exact) mass is 343 g/mol. The minimum atomic E-state index is -4.72. The average molecular weight is 343 g/mol. The van der Waals surface area contributed by atoms with Crippen LogP contribution >= 0.6 is 0 Å². The number of anilines is 1. The number of halogens is 3. The third-order valence-electron chi connectivity index (χ3n) is 4.66. The Hall–Kier alpha value is -1.96. The summed E-state index contributed by atoms with van der Waals surface area (Å²) in [6.07, 6.45) is -0.564. The normalized spacial score (nSPS) is 26.1. The van der Waals surface area contributed by atoms with E-state index in [4.69, 9.17) is 0 Å². The lowest BCUT2D eigenvalue weighted by molar-refractivity contribution is -0.274. The molecule has 2 saturated heterocycles. The Morgan fingerprint density at radius 2 is 1.79 bits per heavy atom. The predicted octanol–water partition coefficient (Wildman–Crippen LogP) is 3.33. The fraction of sp³-hybridized carbons (Fsp3) is 0.562. The summed E-state index contributed by atoms with van der Waals surface area (Å²) >= 11 is 0. The van der Waals surface area contributed by atoms with E-state index in [0.29, 0.717) is 17.8 Å². The van der Waals surface area contributed by atoms with Crippen molar-refractivity contribution in [3.8, 4) is 5.75 Å². The summed E-state index contributed by atoms with van der Waals surface area (Å²) in [6, 6.07) is 5.99. The number of amides is 2. The van der Waals surface area contributed by atoms with Gasteiger partial charge in [0.2, 0.25) is 0 Å². The molecule has 2 heterocycles. The second-order valence-electron chi connectivity index (χ2n) is 6.38. The maximum Gasteiger partial charge on any atom is 0.573 e. The van der Waals surface area contributed by atoms with Crippen molar-refractivity contribution >= 4 is 11.7 Å². The summed E-state index contributed by atoms with van der Waals surface area (Å²) in [4.78, 5) is 14.0. The van der Waals surface area contributed by atoms with Crippen LogP contribution in [-0.4, -0.2) is 42.5 Å². The zero-order chi connectivity index (χ0) is 17.3. The average Bonchev–Trinajstić information content (AvgIpc) is 2.85. The molecule has 1 aromatic carbocycles. The first kappa shape index (κ1) is 16.9. The van der Waals surface area contributed by atoms with E-state index >= 15 is 0 Å². The third-order valence-corrected chi connectivity index (χ3v) is 4.66. The number of urea groups is 1. The van der Waals surface area contributed by atoms with Gasteiger partial charge in [-0.2, -0.15) is 0 Å². The molecule has 2 fully saturated rings. The third kappa shape index (κ3) is 4.11. The van der Waals surface area contributed by atoms with Gasteiger partial charge in [-0.3, -0.25) is 0 Å². The van der Waals surface area contributed by atoms with Gasteiger partial charge in [0.15, 0.2) is 0 Å². The van der Waals surface area contributed by atoms with Gasteiger partial charge in [0.25, 0.3) is 0 Å². The molecule has 3 rings (SSSR count). The Labute approximate surface area is 138 Å². The molecule has 2 N–H and O–H groups in total. The lowest BCUT2D eigenvalue weighted by Gasteiger charge is -2.35. The lowest BCUT2D eigenvalue weighted by Crippen LogP contribution is -2.49. The standard InChI is InChI=1S/C16H20F3N3O2/c1-22(13-8-11-2-3-12(9-13)20-11)15(23)21-10-4-6-14(7-5-10)24-16(17,18)19/h4-7,11-13,20H,2-3,8-9H2,1H3,(H,21,23).